The number of aromatic amines is 1. The first-order chi connectivity index (χ1) is 11.0. The molecule has 0 unspecified atom stereocenters. The number of H-pyrrole nitrogens is 1. The zero-order chi connectivity index (χ0) is 16.6. The molecule has 0 bridgehead atoms. The van der Waals surface area contributed by atoms with Gasteiger partial charge in [0.15, 0.2) is 0 Å². The number of rotatable bonds is 5. The van der Waals surface area contributed by atoms with Crippen molar-refractivity contribution in [2.45, 2.75) is 63.7 Å². The third-order valence-electron chi connectivity index (χ3n) is 5.55. The van der Waals surface area contributed by atoms with E-state index in [4.69, 9.17) is 9.47 Å². The van der Waals surface area contributed by atoms with Gasteiger partial charge < -0.3 is 19.4 Å². The minimum atomic E-state index is -0.248. The van der Waals surface area contributed by atoms with Crippen molar-refractivity contribution in [3.8, 4) is 0 Å². The van der Waals surface area contributed by atoms with Crippen LogP contribution in [-0.2, 0) is 14.3 Å². The number of ether oxygens (including phenoxy) is 2. The van der Waals surface area contributed by atoms with Crippen LogP contribution in [0.25, 0.3) is 0 Å². The van der Waals surface area contributed by atoms with E-state index in [2.05, 4.69) is 9.97 Å². The van der Waals surface area contributed by atoms with Gasteiger partial charge >= 0.3 is 0 Å². The maximum Gasteiger partial charge on any atom is 0.226 e. The number of hydrogen-bond acceptors (Lipinski definition) is 4. The van der Waals surface area contributed by atoms with Crippen molar-refractivity contribution in [3.05, 3.63) is 17.2 Å². The van der Waals surface area contributed by atoms with Crippen LogP contribution >= 0.6 is 0 Å². The van der Waals surface area contributed by atoms with Crippen molar-refractivity contribution in [3.63, 3.8) is 0 Å². The van der Waals surface area contributed by atoms with Crippen molar-refractivity contribution in [2.75, 3.05) is 20.8 Å². The summed E-state index contributed by atoms with van der Waals surface area (Å²) in [6, 6.07) is -0.0335. The second-order valence-electron chi connectivity index (χ2n) is 6.91. The van der Waals surface area contributed by atoms with Gasteiger partial charge in [-0.15, -0.1) is 0 Å². The number of nitrogens with one attached hydrogen (secondary N) is 1. The lowest BCUT2D eigenvalue weighted by atomic mass is 9.77. The topological polar surface area (TPSA) is 67.5 Å². The Morgan fingerprint density at radius 1 is 1.39 bits per heavy atom. The first kappa shape index (κ1) is 16.5. The van der Waals surface area contributed by atoms with E-state index in [0.29, 0.717) is 13.0 Å². The van der Waals surface area contributed by atoms with E-state index >= 15 is 0 Å². The average Bonchev–Trinajstić information content (AvgIpc) is 3.07. The molecule has 1 saturated carbocycles. The molecule has 0 spiro atoms. The predicted molar refractivity (Wildman–Crippen MR) is 86.1 cm³/mol. The number of amides is 1. The molecule has 1 amide bonds. The second kappa shape index (κ2) is 6.24. The van der Waals surface area contributed by atoms with Crippen LogP contribution in [0.2, 0.25) is 0 Å². The van der Waals surface area contributed by atoms with Gasteiger partial charge in [-0.3, -0.25) is 4.79 Å². The van der Waals surface area contributed by atoms with E-state index < -0.39 is 0 Å². The zero-order valence-electron chi connectivity index (χ0n) is 14.5. The average molecular weight is 321 g/mol. The Balaban J connectivity index is 1.78. The molecule has 128 valence electrons. The molecule has 0 radical (unpaired) electrons. The van der Waals surface area contributed by atoms with E-state index in [1.807, 2.05) is 18.7 Å². The van der Waals surface area contributed by atoms with Crippen molar-refractivity contribution in [1.29, 1.82) is 0 Å². The quantitative estimate of drug-likeness (QED) is 0.903. The van der Waals surface area contributed by atoms with Gasteiger partial charge in [-0.2, -0.15) is 0 Å². The van der Waals surface area contributed by atoms with E-state index in [0.717, 1.165) is 42.9 Å². The highest BCUT2D eigenvalue weighted by Crippen LogP contribution is 2.40. The summed E-state index contributed by atoms with van der Waals surface area (Å²) < 4.78 is 11.1. The van der Waals surface area contributed by atoms with Gasteiger partial charge in [-0.05, 0) is 33.1 Å². The molecule has 1 aromatic rings. The van der Waals surface area contributed by atoms with E-state index in [1.165, 1.54) is 0 Å². The lowest BCUT2D eigenvalue weighted by molar-refractivity contribution is -0.145. The third-order valence-corrected chi connectivity index (χ3v) is 5.55. The maximum absolute atomic E-state index is 12.9. The van der Waals surface area contributed by atoms with E-state index in [9.17, 15) is 4.79 Å². The molecule has 2 fully saturated rings. The molecule has 1 aliphatic carbocycles. The Morgan fingerprint density at radius 2 is 2.13 bits per heavy atom. The monoisotopic (exact) mass is 321 g/mol. The molecular weight excluding hydrogens is 294 g/mol. The summed E-state index contributed by atoms with van der Waals surface area (Å²) >= 11 is 0. The fourth-order valence-electron chi connectivity index (χ4n) is 3.64. The SMILES string of the molecule is CO[C@@H]1C[C@@H](c2nc(C)c(C)[nH]2)N(C(=O)CC2(OC)CCC2)C1. The number of methoxy groups -OCH3 is 2. The predicted octanol–water partition coefficient (Wildman–Crippen LogP) is 2.27. The molecule has 2 heterocycles. The highest BCUT2D eigenvalue weighted by molar-refractivity contribution is 5.78. The molecule has 6 nitrogen and oxygen atoms in total. The number of aryl methyl sites for hydroxylation is 2. The number of imidazole rings is 1. The number of carbonyl (C=O) groups excluding carboxylic acids is 1. The molecule has 0 aromatic carbocycles. The van der Waals surface area contributed by atoms with Crippen LogP contribution in [0.5, 0.6) is 0 Å². The van der Waals surface area contributed by atoms with Crippen molar-refractivity contribution >= 4 is 5.91 Å². The molecule has 1 aromatic heterocycles. The fourth-order valence-corrected chi connectivity index (χ4v) is 3.64. The Bertz CT molecular complexity index is 555. The smallest absolute Gasteiger partial charge is 0.226 e. The van der Waals surface area contributed by atoms with Crippen LogP contribution in [0, 0.1) is 13.8 Å². The van der Waals surface area contributed by atoms with Crippen molar-refractivity contribution < 1.29 is 14.3 Å². The zero-order valence-corrected chi connectivity index (χ0v) is 14.5. The lowest BCUT2D eigenvalue weighted by Gasteiger charge is -2.41. The van der Waals surface area contributed by atoms with Gasteiger partial charge in [0.25, 0.3) is 0 Å². The molecule has 1 aliphatic heterocycles. The summed E-state index contributed by atoms with van der Waals surface area (Å²) in [6.45, 7) is 4.62. The molecule has 23 heavy (non-hydrogen) atoms. The molecule has 2 aliphatic rings. The molecule has 2 atom stereocenters. The third kappa shape index (κ3) is 3.02. The summed E-state index contributed by atoms with van der Waals surface area (Å²) in [4.78, 5) is 22.8. The van der Waals surface area contributed by atoms with Gasteiger partial charge in [0, 0.05) is 32.9 Å². The van der Waals surface area contributed by atoms with Gasteiger partial charge in [-0.1, -0.05) is 0 Å². The van der Waals surface area contributed by atoms with Crippen LogP contribution in [0.15, 0.2) is 0 Å². The van der Waals surface area contributed by atoms with Crippen molar-refractivity contribution in [1.82, 2.24) is 14.9 Å². The Labute approximate surface area is 137 Å². The highest BCUT2D eigenvalue weighted by Gasteiger charge is 2.44. The molecule has 1 N–H and O–H groups in total. The molecule has 6 heteroatoms. The van der Waals surface area contributed by atoms with Crippen LogP contribution in [0.1, 0.15) is 55.4 Å². The van der Waals surface area contributed by atoms with Crippen LogP contribution in [0.3, 0.4) is 0 Å². The Kier molecular flexibility index (Phi) is 4.47. The molecule has 3 rings (SSSR count). The van der Waals surface area contributed by atoms with Gasteiger partial charge in [0.05, 0.1) is 29.9 Å². The summed E-state index contributed by atoms with van der Waals surface area (Å²) in [5, 5.41) is 0. The normalized spacial score (nSPS) is 26.3. The Hall–Kier alpha value is -1.40. The molecule has 1 saturated heterocycles. The maximum atomic E-state index is 12.9. The number of nitrogens with zero attached hydrogens (tertiary/aromatic N) is 2. The van der Waals surface area contributed by atoms with Crippen LogP contribution in [0.4, 0.5) is 0 Å². The fraction of sp³-hybridized carbons (Fsp3) is 0.765. The first-order valence-electron chi connectivity index (χ1n) is 8.38. The van der Waals surface area contributed by atoms with Gasteiger partial charge in [0.2, 0.25) is 5.91 Å². The first-order valence-corrected chi connectivity index (χ1v) is 8.38. The Morgan fingerprint density at radius 3 is 2.61 bits per heavy atom. The number of carbonyl (C=O) groups is 1. The van der Waals surface area contributed by atoms with Crippen LogP contribution in [-0.4, -0.2) is 53.2 Å². The summed E-state index contributed by atoms with van der Waals surface area (Å²) in [6.07, 6.45) is 4.39. The highest BCUT2D eigenvalue weighted by atomic mass is 16.5. The van der Waals surface area contributed by atoms with E-state index in [-0.39, 0.29) is 23.7 Å². The number of hydrogen-bond donors (Lipinski definition) is 1. The largest absolute Gasteiger partial charge is 0.380 e. The van der Waals surface area contributed by atoms with Gasteiger partial charge in [-0.25, -0.2) is 4.98 Å². The second-order valence-corrected chi connectivity index (χ2v) is 6.91. The van der Waals surface area contributed by atoms with Crippen molar-refractivity contribution in [2.24, 2.45) is 0 Å². The van der Waals surface area contributed by atoms with E-state index in [1.54, 1.807) is 14.2 Å². The standard InChI is InChI=1S/C17H27N3O3/c1-11-12(2)19-16(18-11)14-8-13(22-3)10-20(14)15(21)9-17(23-4)6-5-7-17/h13-14H,5-10H2,1-4H3,(H,18,19)/t13-,14+/m1/s1. The summed E-state index contributed by atoms with van der Waals surface area (Å²) in [7, 11) is 3.42. The summed E-state index contributed by atoms with van der Waals surface area (Å²) in [5.74, 6) is 1.01. The molecular formula is C17H27N3O3. The lowest BCUT2D eigenvalue weighted by Crippen LogP contribution is -2.45. The minimum absolute atomic E-state index is 0.0335. The summed E-state index contributed by atoms with van der Waals surface area (Å²) in [5.41, 5.74) is 1.79. The van der Waals surface area contributed by atoms with Gasteiger partial charge in [0.1, 0.15) is 5.82 Å². The number of likely N-dealkylation sites (tertiary alicyclic amines) is 1. The number of aromatic nitrogens is 2. The van der Waals surface area contributed by atoms with Crippen LogP contribution < -0.4 is 0 Å². The minimum Gasteiger partial charge on any atom is -0.380 e.